The van der Waals surface area contributed by atoms with Gasteiger partial charge in [0.1, 0.15) is 0 Å². The molecule has 2 aromatic carbocycles. The van der Waals surface area contributed by atoms with Gasteiger partial charge in [-0.25, -0.2) is 10.6 Å². The van der Waals surface area contributed by atoms with Gasteiger partial charge >= 0.3 is 5.97 Å². The molecule has 0 unspecified atom stereocenters. The Morgan fingerprint density at radius 3 is 2.59 bits per heavy atom. The van der Waals surface area contributed by atoms with Crippen LogP contribution in [0.2, 0.25) is 0 Å². The first-order chi connectivity index (χ1) is 10.6. The summed E-state index contributed by atoms with van der Waals surface area (Å²) in [5.74, 6) is 5.06. The molecule has 0 saturated carbocycles. The molecule has 0 aliphatic heterocycles. The van der Waals surface area contributed by atoms with Crippen LogP contribution in [-0.4, -0.2) is 16.2 Å². The van der Waals surface area contributed by atoms with Crippen molar-refractivity contribution in [2.75, 3.05) is 5.32 Å². The average Bonchev–Trinajstić information content (AvgIpc) is 2.53. The van der Waals surface area contributed by atoms with Crippen LogP contribution < -0.4 is 16.6 Å². The van der Waals surface area contributed by atoms with Crippen LogP contribution in [0.3, 0.4) is 0 Å². The molecule has 22 heavy (non-hydrogen) atoms. The van der Waals surface area contributed by atoms with Crippen molar-refractivity contribution in [2.24, 2.45) is 5.84 Å². The van der Waals surface area contributed by atoms with Crippen LogP contribution >= 0.6 is 24.0 Å². The Hall–Kier alpha value is -2.09. The predicted molar refractivity (Wildman–Crippen MR) is 92.9 cm³/mol. The first-order valence-corrected chi connectivity index (χ1v) is 7.80. The van der Waals surface area contributed by atoms with Crippen LogP contribution in [0, 0.1) is 0 Å². The maximum absolute atomic E-state index is 10.8. The fourth-order valence-corrected chi connectivity index (χ4v) is 2.77. The lowest BCUT2D eigenvalue weighted by Crippen LogP contribution is -2.34. The van der Waals surface area contributed by atoms with Gasteiger partial charge in [0.2, 0.25) is 0 Å². The SMILES string of the molecule is NNC(=S)Nc1cccc(SCc2ccc(C(=O)O)cc2)c1. The zero-order valence-electron chi connectivity index (χ0n) is 11.6. The number of aromatic carboxylic acids is 1. The van der Waals surface area contributed by atoms with E-state index in [1.165, 1.54) is 0 Å². The summed E-state index contributed by atoms with van der Waals surface area (Å²) in [5.41, 5.74) is 4.58. The summed E-state index contributed by atoms with van der Waals surface area (Å²) in [4.78, 5) is 11.9. The highest BCUT2D eigenvalue weighted by Crippen LogP contribution is 2.25. The van der Waals surface area contributed by atoms with Crippen molar-refractivity contribution in [3.05, 3.63) is 59.7 Å². The number of hydrogen-bond donors (Lipinski definition) is 4. The van der Waals surface area contributed by atoms with Gasteiger partial charge in [0, 0.05) is 16.3 Å². The Morgan fingerprint density at radius 1 is 1.23 bits per heavy atom. The standard InChI is InChI=1S/C15H15N3O2S2/c16-18-15(21)17-12-2-1-3-13(8-12)22-9-10-4-6-11(7-5-10)14(19)20/h1-8H,9,16H2,(H,19,20)(H2,17,18,21). The summed E-state index contributed by atoms with van der Waals surface area (Å²) in [7, 11) is 0. The maximum atomic E-state index is 10.8. The molecule has 0 atom stereocenters. The third-order valence-corrected chi connectivity index (χ3v) is 4.11. The Labute approximate surface area is 137 Å². The molecule has 0 spiro atoms. The van der Waals surface area contributed by atoms with E-state index in [0.717, 1.165) is 21.9 Å². The van der Waals surface area contributed by atoms with Crippen LogP contribution in [0.25, 0.3) is 0 Å². The number of carboxylic acid groups (broad SMARTS) is 1. The maximum Gasteiger partial charge on any atom is 0.335 e. The molecule has 0 radical (unpaired) electrons. The molecule has 0 aromatic heterocycles. The predicted octanol–water partition coefficient (Wildman–Crippen LogP) is 2.84. The molecule has 7 heteroatoms. The number of anilines is 1. The minimum atomic E-state index is -0.914. The van der Waals surface area contributed by atoms with E-state index in [2.05, 4.69) is 10.7 Å². The van der Waals surface area contributed by atoms with Crippen LogP contribution in [0.4, 0.5) is 5.69 Å². The van der Waals surface area contributed by atoms with Gasteiger partial charge < -0.3 is 15.8 Å². The van der Waals surface area contributed by atoms with E-state index in [4.69, 9.17) is 23.2 Å². The molecule has 5 nitrogen and oxygen atoms in total. The minimum Gasteiger partial charge on any atom is -0.478 e. The molecule has 0 heterocycles. The second kappa shape index (κ2) is 7.79. The number of carboxylic acids is 1. The van der Waals surface area contributed by atoms with E-state index >= 15 is 0 Å². The zero-order chi connectivity index (χ0) is 15.9. The summed E-state index contributed by atoms with van der Waals surface area (Å²) < 4.78 is 0. The second-order valence-electron chi connectivity index (χ2n) is 4.42. The highest BCUT2D eigenvalue weighted by Gasteiger charge is 2.03. The summed E-state index contributed by atoms with van der Waals surface area (Å²) >= 11 is 6.61. The Bertz CT molecular complexity index is 675. The van der Waals surface area contributed by atoms with Gasteiger partial charge in [-0.3, -0.25) is 0 Å². The quantitative estimate of drug-likeness (QED) is 0.290. The number of hydrazine groups is 1. The van der Waals surface area contributed by atoms with E-state index in [9.17, 15) is 4.79 Å². The molecule has 0 saturated heterocycles. The number of carbonyl (C=O) groups is 1. The molecular formula is C15H15N3O2S2. The number of thioether (sulfide) groups is 1. The lowest BCUT2D eigenvalue weighted by Gasteiger charge is -2.08. The van der Waals surface area contributed by atoms with Gasteiger partial charge in [-0.05, 0) is 48.1 Å². The fourth-order valence-electron chi connectivity index (χ4n) is 1.74. The normalized spacial score (nSPS) is 10.0. The molecular weight excluding hydrogens is 318 g/mol. The van der Waals surface area contributed by atoms with Crippen molar-refractivity contribution in [3.63, 3.8) is 0 Å². The van der Waals surface area contributed by atoms with E-state index in [1.54, 1.807) is 23.9 Å². The Morgan fingerprint density at radius 2 is 1.95 bits per heavy atom. The molecule has 0 fully saturated rings. The number of nitrogens with two attached hydrogens (primary N) is 1. The Balaban J connectivity index is 1.97. The fraction of sp³-hybridized carbons (Fsp3) is 0.0667. The molecule has 2 rings (SSSR count). The van der Waals surface area contributed by atoms with Crippen molar-refractivity contribution in [1.29, 1.82) is 0 Å². The summed E-state index contributed by atoms with van der Waals surface area (Å²) in [6.07, 6.45) is 0. The minimum absolute atomic E-state index is 0.294. The Kier molecular flexibility index (Phi) is 5.76. The number of hydrogen-bond acceptors (Lipinski definition) is 4. The number of benzene rings is 2. The van der Waals surface area contributed by atoms with Crippen LogP contribution in [-0.2, 0) is 5.75 Å². The lowest BCUT2D eigenvalue weighted by atomic mass is 10.1. The van der Waals surface area contributed by atoms with Gasteiger partial charge in [-0.15, -0.1) is 11.8 Å². The summed E-state index contributed by atoms with van der Waals surface area (Å²) in [6.45, 7) is 0. The first kappa shape index (κ1) is 16.3. The first-order valence-electron chi connectivity index (χ1n) is 6.41. The van der Waals surface area contributed by atoms with Gasteiger partial charge in [0.15, 0.2) is 5.11 Å². The van der Waals surface area contributed by atoms with E-state index < -0.39 is 5.97 Å². The third-order valence-electron chi connectivity index (χ3n) is 2.83. The summed E-state index contributed by atoms with van der Waals surface area (Å²) in [6, 6.07) is 14.7. The largest absolute Gasteiger partial charge is 0.478 e. The van der Waals surface area contributed by atoms with Crippen molar-refractivity contribution in [1.82, 2.24) is 5.43 Å². The molecule has 0 amide bonds. The molecule has 114 valence electrons. The summed E-state index contributed by atoms with van der Waals surface area (Å²) in [5, 5.41) is 12.2. The zero-order valence-corrected chi connectivity index (χ0v) is 13.2. The molecule has 0 bridgehead atoms. The molecule has 5 N–H and O–H groups in total. The third kappa shape index (κ3) is 4.73. The topological polar surface area (TPSA) is 87.4 Å². The molecule has 0 aliphatic carbocycles. The number of nitrogens with one attached hydrogen (secondary N) is 2. The average molecular weight is 333 g/mol. The van der Waals surface area contributed by atoms with Crippen LogP contribution in [0.1, 0.15) is 15.9 Å². The molecule has 2 aromatic rings. The van der Waals surface area contributed by atoms with Crippen molar-refractivity contribution < 1.29 is 9.90 Å². The van der Waals surface area contributed by atoms with Gasteiger partial charge in [0.25, 0.3) is 0 Å². The van der Waals surface area contributed by atoms with E-state index in [0.29, 0.717) is 10.7 Å². The van der Waals surface area contributed by atoms with Crippen LogP contribution in [0.15, 0.2) is 53.4 Å². The highest BCUT2D eigenvalue weighted by atomic mass is 32.2. The van der Waals surface area contributed by atoms with E-state index in [1.807, 2.05) is 36.4 Å². The van der Waals surface area contributed by atoms with Gasteiger partial charge in [-0.1, -0.05) is 18.2 Å². The molecule has 0 aliphatic rings. The van der Waals surface area contributed by atoms with Gasteiger partial charge in [-0.2, -0.15) is 0 Å². The lowest BCUT2D eigenvalue weighted by molar-refractivity contribution is 0.0697. The monoisotopic (exact) mass is 333 g/mol. The van der Waals surface area contributed by atoms with Crippen molar-refractivity contribution >= 4 is 40.7 Å². The van der Waals surface area contributed by atoms with Crippen molar-refractivity contribution in [2.45, 2.75) is 10.6 Å². The number of thiocarbonyl (C=S) groups is 1. The number of rotatable bonds is 5. The second-order valence-corrected chi connectivity index (χ2v) is 5.87. The smallest absolute Gasteiger partial charge is 0.335 e. The van der Waals surface area contributed by atoms with Crippen LogP contribution in [0.5, 0.6) is 0 Å². The van der Waals surface area contributed by atoms with E-state index in [-0.39, 0.29) is 0 Å². The van der Waals surface area contributed by atoms with Crippen molar-refractivity contribution in [3.8, 4) is 0 Å². The van der Waals surface area contributed by atoms with Gasteiger partial charge in [0.05, 0.1) is 5.56 Å². The highest BCUT2D eigenvalue weighted by molar-refractivity contribution is 7.98.